The van der Waals surface area contributed by atoms with Crippen LogP contribution in [0.2, 0.25) is 0 Å². The van der Waals surface area contributed by atoms with E-state index in [9.17, 15) is 4.79 Å². The number of aliphatic carboxylic acids is 1. The number of nitrogens with zero attached hydrogens (tertiary/aromatic N) is 1. The predicted octanol–water partition coefficient (Wildman–Crippen LogP) is 1.43. The molecule has 2 N–H and O–H groups in total. The molecule has 1 aromatic heterocycles. The van der Waals surface area contributed by atoms with Crippen LogP contribution >= 0.6 is 0 Å². The Kier molecular flexibility index (Phi) is 5.40. The van der Waals surface area contributed by atoms with Crippen molar-refractivity contribution in [3.63, 3.8) is 0 Å². The molecule has 1 rings (SSSR count). The van der Waals surface area contributed by atoms with E-state index < -0.39 is 5.97 Å². The number of aromatic nitrogens is 1. The highest BCUT2D eigenvalue weighted by molar-refractivity contribution is 5.66. The summed E-state index contributed by atoms with van der Waals surface area (Å²) in [5, 5.41) is 11.6. The molecule has 15 heavy (non-hydrogen) atoms. The molecular weight excluding hydrogens is 192 g/mol. The fourth-order valence-electron chi connectivity index (χ4n) is 1.25. The van der Waals surface area contributed by atoms with Gasteiger partial charge in [0.25, 0.3) is 0 Å². The second-order valence-corrected chi connectivity index (χ2v) is 3.35. The van der Waals surface area contributed by atoms with Gasteiger partial charge < -0.3 is 10.4 Å². The van der Waals surface area contributed by atoms with Crippen molar-refractivity contribution >= 4 is 5.97 Å². The summed E-state index contributed by atoms with van der Waals surface area (Å²) in [4.78, 5) is 14.4. The molecule has 0 amide bonds. The van der Waals surface area contributed by atoms with Crippen molar-refractivity contribution in [3.8, 4) is 0 Å². The molecule has 0 saturated heterocycles. The van der Waals surface area contributed by atoms with Gasteiger partial charge in [-0.1, -0.05) is 6.07 Å². The van der Waals surface area contributed by atoms with E-state index >= 15 is 0 Å². The van der Waals surface area contributed by atoms with Crippen LogP contribution in [0.15, 0.2) is 24.4 Å². The number of nitrogens with one attached hydrogen (secondary N) is 1. The zero-order valence-corrected chi connectivity index (χ0v) is 8.65. The van der Waals surface area contributed by atoms with Crippen LogP contribution in [0.4, 0.5) is 0 Å². The summed E-state index contributed by atoms with van der Waals surface area (Å²) in [5.41, 5.74) is 1.01. The smallest absolute Gasteiger partial charge is 0.303 e. The monoisotopic (exact) mass is 208 g/mol. The van der Waals surface area contributed by atoms with E-state index in [1.807, 2.05) is 18.2 Å². The molecule has 0 saturated carbocycles. The predicted molar refractivity (Wildman–Crippen MR) is 57.4 cm³/mol. The lowest BCUT2D eigenvalue weighted by molar-refractivity contribution is -0.137. The molecule has 1 heterocycles. The lowest BCUT2D eigenvalue weighted by Gasteiger charge is -2.02. The maximum atomic E-state index is 10.2. The van der Waals surface area contributed by atoms with Gasteiger partial charge in [-0.05, 0) is 31.5 Å². The highest BCUT2D eigenvalue weighted by Gasteiger charge is 1.96. The average Bonchev–Trinajstić information content (AvgIpc) is 2.24. The maximum Gasteiger partial charge on any atom is 0.303 e. The third-order valence-corrected chi connectivity index (χ3v) is 2.03. The summed E-state index contributed by atoms with van der Waals surface area (Å²) >= 11 is 0. The van der Waals surface area contributed by atoms with E-state index in [2.05, 4.69) is 10.3 Å². The van der Waals surface area contributed by atoms with E-state index in [-0.39, 0.29) is 6.42 Å². The van der Waals surface area contributed by atoms with Crippen LogP contribution in [0.1, 0.15) is 25.0 Å². The van der Waals surface area contributed by atoms with Crippen LogP contribution in [-0.2, 0) is 11.3 Å². The maximum absolute atomic E-state index is 10.2. The Morgan fingerprint density at radius 2 is 2.27 bits per heavy atom. The number of rotatable bonds is 7. The number of pyridine rings is 1. The number of carboxylic acid groups (broad SMARTS) is 1. The normalized spacial score (nSPS) is 10.1. The zero-order valence-electron chi connectivity index (χ0n) is 8.65. The second-order valence-electron chi connectivity index (χ2n) is 3.35. The van der Waals surface area contributed by atoms with E-state index in [1.165, 1.54) is 0 Å². The van der Waals surface area contributed by atoms with Crippen LogP contribution in [0.5, 0.6) is 0 Å². The van der Waals surface area contributed by atoms with Gasteiger partial charge in [-0.15, -0.1) is 0 Å². The summed E-state index contributed by atoms with van der Waals surface area (Å²) < 4.78 is 0. The molecule has 0 spiro atoms. The largest absolute Gasteiger partial charge is 0.481 e. The van der Waals surface area contributed by atoms with Crippen molar-refractivity contribution in [3.05, 3.63) is 30.1 Å². The topological polar surface area (TPSA) is 62.2 Å². The average molecular weight is 208 g/mol. The van der Waals surface area contributed by atoms with Crippen molar-refractivity contribution in [2.45, 2.75) is 25.8 Å². The zero-order chi connectivity index (χ0) is 10.9. The summed E-state index contributed by atoms with van der Waals surface area (Å²) in [6, 6.07) is 5.80. The lowest BCUT2D eigenvalue weighted by Crippen LogP contribution is -2.15. The molecule has 0 unspecified atom stereocenters. The molecule has 0 aliphatic heterocycles. The first-order chi connectivity index (χ1) is 7.29. The summed E-state index contributed by atoms with van der Waals surface area (Å²) in [6.07, 6.45) is 3.64. The molecular formula is C11H16N2O2. The standard InChI is InChI=1S/C11H16N2O2/c14-11(15)6-2-3-7-12-9-10-5-1-4-8-13-10/h1,4-5,8,12H,2-3,6-7,9H2,(H,14,15). The lowest BCUT2D eigenvalue weighted by atomic mass is 10.2. The summed E-state index contributed by atoms with van der Waals surface area (Å²) in [6.45, 7) is 1.58. The minimum absolute atomic E-state index is 0.255. The number of carboxylic acids is 1. The molecule has 4 nitrogen and oxygen atoms in total. The van der Waals surface area contributed by atoms with Crippen molar-refractivity contribution in [1.29, 1.82) is 0 Å². The summed E-state index contributed by atoms with van der Waals surface area (Å²) in [5.74, 6) is -0.722. The van der Waals surface area contributed by atoms with Crippen LogP contribution in [0.3, 0.4) is 0 Å². The Balaban J connectivity index is 2.00. The quantitative estimate of drug-likeness (QED) is 0.665. The molecule has 0 atom stereocenters. The molecule has 0 fully saturated rings. The number of unbranched alkanes of at least 4 members (excludes halogenated alkanes) is 1. The Bertz CT molecular complexity index is 288. The van der Waals surface area contributed by atoms with Gasteiger partial charge in [0, 0.05) is 19.2 Å². The highest BCUT2D eigenvalue weighted by atomic mass is 16.4. The van der Waals surface area contributed by atoms with E-state index in [0.717, 1.165) is 31.6 Å². The third kappa shape index (κ3) is 5.80. The minimum atomic E-state index is -0.722. The fraction of sp³-hybridized carbons (Fsp3) is 0.455. The van der Waals surface area contributed by atoms with Gasteiger partial charge in [0.1, 0.15) is 0 Å². The van der Waals surface area contributed by atoms with Gasteiger partial charge in [-0.2, -0.15) is 0 Å². The first kappa shape index (κ1) is 11.7. The molecule has 1 aromatic rings. The van der Waals surface area contributed by atoms with E-state index in [0.29, 0.717) is 0 Å². The van der Waals surface area contributed by atoms with Crippen LogP contribution in [0, 0.1) is 0 Å². The highest BCUT2D eigenvalue weighted by Crippen LogP contribution is 1.95. The van der Waals surface area contributed by atoms with Gasteiger partial charge in [-0.25, -0.2) is 0 Å². The van der Waals surface area contributed by atoms with Crippen molar-refractivity contribution in [2.75, 3.05) is 6.54 Å². The minimum Gasteiger partial charge on any atom is -0.481 e. The van der Waals surface area contributed by atoms with Crippen LogP contribution < -0.4 is 5.32 Å². The molecule has 82 valence electrons. The Labute approximate surface area is 89.3 Å². The molecule has 0 aromatic carbocycles. The Hall–Kier alpha value is -1.42. The summed E-state index contributed by atoms with van der Waals surface area (Å²) in [7, 11) is 0. The van der Waals surface area contributed by atoms with Gasteiger partial charge in [0.05, 0.1) is 5.69 Å². The van der Waals surface area contributed by atoms with E-state index in [4.69, 9.17) is 5.11 Å². The van der Waals surface area contributed by atoms with E-state index in [1.54, 1.807) is 6.20 Å². The molecule has 4 heteroatoms. The van der Waals surface area contributed by atoms with Crippen LogP contribution in [0.25, 0.3) is 0 Å². The Morgan fingerprint density at radius 1 is 1.40 bits per heavy atom. The Morgan fingerprint density at radius 3 is 2.93 bits per heavy atom. The first-order valence-electron chi connectivity index (χ1n) is 5.11. The van der Waals surface area contributed by atoms with Gasteiger partial charge in [-0.3, -0.25) is 9.78 Å². The van der Waals surface area contributed by atoms with Crippen molar-refractivity contribution in [1.82, 2.24) is 10.3 Å². The van der Waals surface area contributed by atoms with Crippen molar-refractivity contribution in [2.24, 2.45) is 0 Å². The molecule has 0 aliphatic rings. The van der Waals surface area contributed by atoms with Gasteiger partial charge in [0.2, 0.25) is 0 Å². The van der Waals surface area contributed by atoms with Gasteiger partial charge >= 0.3 is 5.97 Å². The number of hydrogen-bond donors (Lipinski definition) is 2. The number of carbonyl (C=O) groups is 1. The SMILES string of the molecule is O=C(O)CCCCNCc1ccccn1. The molecule has 0 aliphatic carbocycles. The van der Waals surface area contributed by atoms with Crippen LogP contribution in [-0.4, -0.2) is 22.6 Å². The number of hydrogen-bond acceptors (Lipinski definition) is 3. The first-order valence-corrected chi connectivity index (χ1v) is 5.11. The molecule has 0 radical (unpaired) electrons. The molecule has 0 bridgehead atoms. The fourth-order valence-corrected chi connectivity index (χ4v) is 1.25. The third-order valence-electron chi connectivity index (χ3n) is 2.03. The van der Waals surface area contributed by atoms with Gasteiger partial charge in [0.15, 0.2) is 0 Å². The second kappa shape index (κ2) is 6.95. The van der Waals surface area contributed by atoms with Crippen molar-refractivity contribution < 1.29 is 9.90 Å².